The van der Waals surface area contributed by atoms with Gasteiger partial charge in [0.15, 0.2) is 6.35 Å². The number of hydrogen-bond acceptors (Lipinski definition) is 8. The lowest BCUT2D eigenvalue weighted by molar-refractivity contribution is 0.104. The molecule has 200 valence electrons. The molecule has 0 saturated carbocycles. The van der Waals surface area contributed by atoms with Crippen molar-refractivity contribution in [3.63, 3.8) is 0 Å². The van der Waals surface area contributed by atoms with Gasteiger partial charge < -0.3 is 34.6 Å². The maximum atomic E-state index is 13.3. The molecule has 4 N–H and O–H groups in total. The van der Waals surface area contributed by atoms with Crippen LogP contribution >= 0.6 is 7.37 Å². The van der Waals surface area contributed by atoms with Crippen LogP contribution in [-0.4, -0.2) is 53.6 Å². The van der Waals surface area contributed by atoms with E-state index in [0.717, 1.165) is 12.0 Å². The molecule has 0 aliphatic rings. The predicted octanol–water partition coefficient (Wildman–Crippen LogP) is 3.82. The minimum atomic E-state index is -3.11. The molecule has 3 rings (SSSR count). The highest BCUT2D eigenvalue weighted by molar-refractivity contribution is 7.66. The summed E-state index contributed by atoms with van der Waals surface area (Å²) in [5.74, 6) is 1.09. The van der Waals surface area contributed by atoms with Gasteiger partial charge in [-0.3, -0.25) is 4.57 Å². The monoisotopic (exact) mass is 529 g/mol. The summed E-state index contributed by atoms with van der Waals surface area (Å²) in [5.41, 5.74) is 1.46. The molecule has 0 heterocycles. The molecule has 0 fully saturated rings. The maximum absolute atomic E-state index is 13.3. The van der Waals surface area contributed by atoms with E-state index < -0.39 is 13.5 Å². The van der Waals surface area contributed by atoms with E-state index >= 15 is 0 Å². The summed E-state index contributed by atoms with van der Waals surface area (Å²) < 4.78 is 30.3. The van der Waals surface area contributed by atoms with E-state index in [4.69, 9.17) is 14.0 Å². The van der Waals surface area contributed by atoms with Gasteiger partial charge in [-0.15, -0.1) is 0 Å². The summed E-state index contributed by atoms with van der Waals surface area (Å²) >= 11 is 0. The number of aliphatic hydroxyl groups excluding tert-OH is 2. The van der Waals surface area contributed by atoms with Crippen molar-refractivity contribution in [2.75, 3.05) is 26.1 Å². The van der Waals surface area contributed by atoms with Gasteiger partial charge in [-0.1, -0.05) is 30.3 Å². The van der Waals surface area contributed by atoms with Gasteiger partial charge in [0.25, 0.3) is 7.37 Å². The molecule has 0 aromatic heterocycles. The third-order valence-corrected chi connectivity index (χ3v) is 7.95. The number of phenols is 1. The quantitative estimate of drug-likeness (QED) is 0.220. The second-order valence-electron chi connectivity index (χ2n) is 8.77. The molecule has 3 atom stereocenters. The molecule has 9 heteroatoms. The summed E-state index contributed by atoms with van der Waals surface area (Å²) in [6.45, 7) is 4.31. The fourth-order valence-corrected chi connectivity index (χ4v) is 5.46. The first-order chi connectivity index (χ1) is 17.8. The van der Waals surface area contributed by atoms with Crippen molar-refractivity contribution in [2.45, 2.75) is 39.0 Å². The topological polar surface area (TPSA) is 117 Å². The molecule has 8 nitrogen and oxygen atoms in total. The van der Waals surface area contributed by atoms with Crippen LogP contribution in [-0.2, 0) is 22.1 Å². The van der Waals surface area contributed by atoms with Crippen LogP contribution in [0.2, 0.25) is 0 Å². The van der Waals surface area contributed by atoms with Crippen molar-refractivity contribution in [3.05, 3.63) is 83.9 Å². The van der Waals surface area contributed by atoms with Crippen LogP contribution in [0.3, 0.4) is 0 Å². The zero-order chi connectivity index (χ0) is 26.7. The Bertz CT molecular complexity index is 1140. The van der Waals surface area contributed by atoms with Crippen molar-refractivity contribution >= 4 is 12.7 Å². The van der Waals surface area contributed by atoms with Gasteiger partial charge in [0.1, 0.15) is 30.0 Å². The van der Waals surface area contributed by atoms with Gasteiger partial charge in [-0.25, -0.2) is 0 Å². The highest BCUT2D eigenvalue weighted by Crippen LogP contribution is 2.45. The Balaban J connectivity index is 1.43. The minimum Gasteiger partial charge on any atom is -0.508 e. The molecule has 3 aromatic carbocycles. The number of benzene rings is 3. The molecule has 0 radical (unpaired) electrons. The number of hydrogen-bond donors (Lipinski definition) is 4. The summed E-state index contributed by atoms with van der Waals surface area (Å²) in [6, 6.07) is 21.4. The molecule has 0 spiro atoms. The van der Waals surface area contributed by atoms with Crippen LogP contribution in [0.4, 0.5) is 0 Å². The highest BCUT2D eigenvalue weighted by Gasteiger charge is 2.26. The van der Waals surface area contributed by atoms with Crippen molar-refractivity contribution in [1.29, 1.82) is 0 Å². The fraction of sp³-hybridized carbons (Fsp3) is 0.357. The molecule has 37 heavy (non-hydrogen) atoms. The van der Waals surface area contributed by atoms with E-state index in [1.807, 2.05) is 56.3 Å². The largest absolute Gasteiger partial charge is 0.508 e. The average molecular weight is 530 g/mol. The van der Waals surface area contributed by atoms with Crippen LogP contribution in [0.1, 0.15) is 25.0 Å². The van der Waals surface area contributed by atoms with Gasteiger partial charge >= 0.3 is 0 Å². The van der Waals surface area contributed by atoms with Gasteiger partial charge in [0.05, 0.1) is 13.2 Å². The van der Waals surface area contributed by atoms with E-state index in [-0.39, 0.29) is 31.4 Å². The van der Waals surface area contributed by atoms with E-state index in [1.165, 1.54) is 6.07 Å². The Labute approximate surface area is 218 Å². The molecule has 0 bridgehead atoms. The molecular weight excluding hydrogens is 493 g/mol. The summed E-state index contributed by atoms with van der Waals surface area (Å²) in [6.07, 6.45) is -0.0176. The molecule has 0 aliphatic heterocycles. The number of nitrogens with one attached hydrogen (secondary N) is 1. The van der Waals surface area contributed by atoms with Crippen LogP contribution in [0.15, 0.2) is 72.8 Å². The Morgan fingerprint density at radius 1 is 0.973 bits per heavy atom. The van der Waals surface area contributed by atoms with Crippen molar-refractivity contribution in [2.24, 2.45) is 0 Å². The molecule has 1 unspecified atom stereocenters. The van der Waals surface area contributed by atoms with Crippen LogP contribution in [0.25, 0.3) is 0 Å². The minimum absolute atomic E-state index is 0.00294. The van der Waals surface area contributed by atoms with Gasteiger partial charge in [0.2, 0.25) is 0 Å². The lowest BCUT2D eigenvalue weighted by Gasteiger charge is -2.19. The second-order valence-corrected chi connectivity index (χ2v) is 11.2. The predicted molar refractivity (Wildman–Crippen MR) is 144 cm³/mol. The third-order valence-electron chi connectivity index (χ3n) is 5.72. The Morgan fingerprint density at radius 3 is 2.35 bits per heavy atom. The summed E-state index contributed by atoms with van der Waals surface area (Å²) in [4.78, 5) is 0. The number of aromatic hydroxyl groups is 1. The second kappa shape index (κ2) is 14.2. The molecule has 0 saturated heterocycles. The Kier molecular flexibility index (Phi) is 11.0. The molecular formula is C28H36NO7P. The van der Waals surface area contributed by atoms with E-state index in [2.05, 4.69) is 5.32 Å². The zero-order valence-electron chi connectivity index (χ0n) is 21.2. The zero-order valence-corrected chi connectivity index (χ0v) is 22.1. The van der Waals surface area contributed by atoms with Gasteiger partial charge in [-0.05, 0) is 68.3 Å². The lowest BCUT2D eigenvalue weighted by atomic mass is 10.1. The first kappa shape index (κ1) is 28.7. The SMILES string of the molecule is CCOP(=O)(COc1ccc(C[C@@H](C)NC[C@H](O)COc2ccc(O)c(CO)c2)cc1)c1ccccc1. The lowest BCUT2D eigenvalue weighted by Crippen LogP contribution is -2.37. The van der Waals surface area contributed by atoms with E-state index in [9.17, 15) is 19.9 Å². The van der Waals surface area contributed by atoms with Gasteiger partial charge in [-0.2, -0.15) is 0 Å². The van der Waals surface area contributed by atoms with E-state index in [1.54, 1.807) is 24.3 Å². The van der Waals surface area contributed by atoms with Crippen LogP contribution < -0.4 is 20.1 Å². The number of rotatable bonds is 15. The summed E-state index contributed by atoms with van der Waals surface area (Å²) in [7, 11) is -3.11. The Hall–Kier alpha value is -2.87. The average Bonchev–Trinajstić information content (AvgIpc) is 2.91. The normalized spacial score (nSPS) is 14.5. The smallest absolute Gasteiger partial charge is 0.268 e. The van der Waals surface area contributed by atoms with Gasteiger partial charge in [0, 0.05) is 23.5 Å². The summed E-state index contributed by atoms with van der Waals surface area (Å²) in [5, 5.41) is 33.0. The first-order valence-electron chi connectivity index (χ1n) is 12.3. The van der Waals surface area contributed by atoms with Crippen LogP contribution in [0.5, 0.6) is 17.2 Å². The van der Waals surface area contributed by atoms with Crippen molar-refractivity contribution in [1.82, 2.24) is 5.32 Å². The number of aliphatic hydroxyl groups is 2. The highest BCUT2D eigenvalue weighted by atomic mass is 31.2. The van der Waals surface area contributed by atoms with E-state index in [0.29, 0.717) is 35.5 Å². The van der Waals surface area contributed by atoms with Crippen molar-refractivity contribution < 1.29 is 33.9 Å². The first-order valence-corrected chi connectivity index (χ1v) is 14.1. The van der Waals surface area contributed by atoms with Crippen LogP contribution in [0, 0.1) is 0 Å². The Morgan fingerprint density at radius 2 is 1.68 bits per heavy atom. The molecule has 0 amide bonds. The van der Waals surface area contributed by atoms with Crippen molar-refractivity contribution in [3.8, 4) is 17.2 Å². The molecule has 3 aromatic rings. The molecule has 0 aliphatic carbocycles. The third kappa shape index (κ3) is 8.88. The standard InChI is InChI=1S/C28H36NO7P/c1-3-36-37(33,27-7-5-4-6-8-27)20-35-25-11-9-22(10-12-25)15-21(2)29-17-24(31)19-34-26-13-14-28(32)23(16-26)18-30/h4-14,16,21,24,29-32H,3,15,17-20H2,1-2H3/t21-,24+,37?/m1/s1. The maximum Gasteiger partial charge on any atom is 0.268 e. The number of ether oxygens (including phenoxy) is 2. The fourth-order valence-electron chi connectivity index (χ4n) is 3.72.